The number of para-hydroxylation sites is 1. The zero-order valence-electron chi connectivity index (χ0n) is 16.9. The molecule has 2 heterocycles. The minimum atomic E-state index is -0.424. The Morgan fingerprint density at radius 1 is 1.20 bits per heavy atom. The Hall–Kier alpha value is -3.06. The Morgan fingerprint density at radius 3 is 2.67 bits per heavy atom. The molecule has 1 amide bonds. The van der Waals surface area contributed by atoms with Gasteiger partial charge in [-0.15, -0.1) is 0 Å². The minimum absolute atomic E-state index is 0.144. The lowest BCUT2D eigenvalue weighted by Gasteiger charge is -2.24. The molecule has 1 aromatic heterocycles. The first kappa shape index (κ1) is 20.2. The monoisotopic (exact) mass is 429 g/mol. The van der Waals surface area contributed by atoms with E-state index in [4.69, 9.17) is 21.1 Å². The number of rotatable bonds is 5. The fourth-order valence-electron chi connectivity index (χ4n) is 3.62. The van der Waals surface area contributed by atoms with Crippen LogP contribution in [0.3, 0.4) is 0 Å². The molecule has 0 fully saturated rings. The summed E-state index contributed by atoms with van der Waals surface area (Å²) in [5, 5.41) is 4.63. The van der Waals surface area contributed by atoms with Gasteiger partial charge in [0.1, 0.15) is 5.82 Å². The summed E-state index contributed by atoms with van der Waals surface area (Å²) in [6, 6.07) is 9.75. The highest BCUT2D eigenvalue weighted by atomic mass is 35.5. The van der Waals surface area contributed by atoms with Gasteiger partial charge in [0.25, 0.3) is 5.91 Å². The van der Waals surface area contributed by atoms with Gasteiger partial charge in [0, 0.05) is 29.9 Å². The van der Waals surface area contributed by atoms with Crippen LogP contribution in [0.25, 0.3) is 0 Å². The van der Waals surface area contributed by atoms with Crippen LogP contribution in [-0.4, -0.2) is 27.4 Å². The van der Waals surface area contributed by atoms with E-state index in [0.29, 0.717) is 28.3 Å². The number of carbonyl (C=O) groups is 1. The standard InChI is InChI=1S/C22H21ClFN3O3/c1-13-20(14(2)26(3)25-13)22(28)27(10-15-7-8-17(24)9-18(15)23)11-16-5-4-6-19-21(16)30-12-29-19/h4-9H,10-12H2,1-3H3. The number of nitrogens with zero attached hydrogens (tertiary/aromatic N) is 3. The maximum Gasteiger partial charge on any atom is 0.258 e. The van der Waals surface area contributed by atoms with E-state index in [1.807, 2.05) is 25.1 Å². The minimum Gasteiger partial charge on any atom is -0.454 e. The molecule has 0 bridgehead atoms. The molecule has 1 aliphatic rings. The van der Waals surface area contributed by atoms with Crippen LogP contribution in [0.15, 0.2) is 36.4 Å². The number of carbonyl (C=O) groups excluding carboxylic acids is 1. The highest BCUT2D eigenvalue weighted by Gasteiger charge is 2.26. The number of hydrogen-bond acceptors (Lipinski definition) is 4. The number of ether oxygens (including phenoxy) is 2. The summed E-state index contributed by atoms with van der Waals surface area (Å²) in [6.45, 7) is 4.28. The summed E-state index contributed by atoms with van der Waals surface area (Å²) in [6.07, 6.45) is 0. The van der Waals surface area contributed by atoms with Gasteiger partial charge in [0.05, 0.1) is 17.8 Å². The van der Waals surface area contributed by atoms with Gasteiger partial charge in [-0.3, -0.25) is 9.48 Å². The second-order valence-corrected chi connectivity index (χ2v) is 7.62. The van der Waals surface area contributed by atoms with E-state index < -0.39 is 5.82 Å². The third-order valence-electron chi connectivity index (χ3n) is 5.23. The van der Waals surface area contributed by atoms with Crippen LogP contribution < -0.4 is 9.47 Å². The summed E-state index contributed by atoms with van der Waals surface area (Å²) in [7, 11) is 1.80. The van der Waals surface area contributed by atoms with Crippen molar-refractivity contribution >= 4 is 17.5 Å². The van der Waals surface area contributed by atoms with Crippen LogP contribution >= 0.6 is 11.6 Å². The first-order valence-corrected chi connectivity index (χ1v) is 9.84. The molecular weight excluding hydrogens is 409 g/mol. The number of hydrogen-bond donors (Lipinski definition) is 0. The summed E-state index contributed by atoms with van der Waals surface area (Å²) >= 11 is 6.25. The van der Waals surface area contributed by atoms with Crippen molar-refractivity contribution in [3.05, 3.63) is 75.3 Å². The highest BCUT2D eigenvalue weighted by Crippen LogP contribution is 2.36. The topological polar surface area (TPSA) is 56.6 Å². The molecule has 4 rings (SSSR count). The van der Waals surface area contributed by atoms with E-state index in [-0.39, 0.29) is 30.8 Å². The molecule has 6 nitrogen and oxygen atoms in total. The number of halogens is 2. The van der Waals surface area contributed by atoms with Crippen LogP contribution in [0, 0.1) is 19.7 Å². The molecule has 0 saturated carbocycles. The Labute approximate surface area is 178 Å². The van der Waals surface area contributed by atoms with E-state index >= 15 is 0 Å². The smallest absolute Gasteiger partial charge is 0.258 e. The summed E-state index contributed by atoms with van der Waals surface area (Å²) in [5.74, 6) is 0.663. The molecule has 8 heteroatoms. The number of amides is 1. The van der Waals surface area contributed by atoms with Gasteiger partial charge in [0.15, 0.2) is 11.5 Å². The maximum atomic E-state index is 13.6. The van der Waals surface area contributed by atoms with E-state index in [1.165, 1.54) is 12.1 Å². The second-order valence-electron chi connectivity index (χ2n) is 7.22. The van der Waals surface area contributed by atoms with Crippen molar-refractivity contribution in [1.29, 1.82) is 0 Å². The molecule has 0 aliphatic carbocycles. The van der Waals surface area contributed by atoms with E-state index in [2.05, 4.69) is 5.10 Å². The second kappa shape index (κ2) is 7.99. The fraction of sp³-hybridized carbons (Fsp3) is 0.273. The first-order chi connectivity index (χ1) is 14.3. The van der Waals surface area contributed by atoms with E-state index in [1.54, 1.807) is 29.6 Å². The maximum absolute atomic E-state index is 13.6. The van der Waals surface area contributed by atoms with Crippen molar-refractivity contribution in [2.75, 3.05) is 6.79 Å². The zero-order valence-corrected chi connectivity index (χ0v) is 17.7. The molecule has 156 valence electrons. The lowest BCUT2D eigenvalue weighted by molar-refractivity contribution is 0.0727. The molecule has 2 aromatic carbocycles. The first-order valence-electron chi connectivity index (χ1n) is 9.46. The Balaban J connectivity index is 1.73. The van der Waals surface area contributed by atoms with Crippen LogP contribution in [0.1, 0.15) is 32.9 Å². The van der Waals surface area contributed by atoms with Crippen molar-refractivity contribution in [1.82, 2.24) is 14.7 Å². The molecule has 0 unspecified atom stereocenters. The van der Waals surface area contributed by atoms with Crippen molar-refractivity contribution in [3.63, 3.8) is 0 Å². The lowest BCUT2D eigenvalue weighted by Crippen LogP contribution is -2.31. The predicted octanol–water partition coefficient (Wildman–Crippen LogP) is 4.40. The van der Waals surface area contributed by atoms with Crippen molar-refractivity contribution in [2.45, 2.75) is 26.9 Å². The average Bonchev–Trinajstić information content (AvgIpc) is 3.27. The molecule has 0 N–H and O–H groups in total. The molecule has 0 radical (unpaired) electrons. The quantitative estimate of drug-likeness (QED) is 0.603. The van der Waals surface area contributed by atoms with Crippen LogP contribution in [-0.2, 0) is 20.1 Å². The summed E-state index contributed by atoms with van der Waals surface area (Å²) in [4.78, 5) is 15.2. The average molecular weight is 430 g/mol. The van der Waals surface area contributed by atoms with Gasteiger partial charge in [0.2, 0.25) is 6.79 Å². The number of aromatic nitrogens is 2. The van der Waals surface area contributed by atoms with Crippen molar-refractivity contribution < 1.29 is 18.7 Å². The Kier molecular flexibility index (Phi) is 5.39. The number of benzene rings is 2. The van der Waals surface area contributed by atoms with Gasteiger partial charge in [-0.05, 0) is 37.6 Å². The normalized spacial score (nSPS) is 12.3. The third-order valence-corrected chi connectivity index (χ3v) is 5.58. The molecule has 0 saturated heterocycles. The molecule has 0 atom stereocenters. The SMILES string of the molecule is Cc1nn(C)c(C)c1C(=O)N(Cc1ccc(F)cc1Cl)Cc1cccc2c1OCO2. The molecular formula is C22H21ClFN3O3. The third kappa shape index (κ3) is 3.73. The van der Waals surface area contributed by atoms with Gasteiger partial charge in [-0.1, -0.05) is 29.8 Å². The Morgan fingerprint density at radius 2 is 1.97 bits per heavy atom. The van der Waals surface area contributed by atoms with Gasteiger partial charge in [-0.25, -0.2) is 4.39 Å². The van der Waals surface area contributed by atoms with Crippen molar-refractivity contribution in [2.24, 2.45) is 7.05 Å². The molecule has 30 heavy (non-hydrogen) atoms. The highest BCUT2D eigenvalue weighted by molar-refractivity contribution is 6.31. The van der Waals surface area contributed by atoms with Gasteiger partial charge in [-0.2, -0.15) is 5.10 Å². The van der Waals surface area contributed by atoms with Crippen molar-refractivity contribution in [3.8, 4) is 11.5 Å². The van der Waals surface area contributed by atoms with Gasteiger partial charge >= 0.3 is 0 Å². The summed E-state index contributed by atoms with van der Waals surface area (Å²) in [5.41, 5.74) is 3.42. The molecule has 1 aliphatic heterocycles. The number of aryl methyl sites for hydroxylation is 2. The summed E-state index contributed by atoms with van der Waals surface area (Å²) < 4.78 is 26.3. The van der Waals surface area contributed by atoms with Gasteiger partial charge < -0.3 is 14.4 Å². The van der Waals surface area contributed by atoms with E-state index in [9.17, 15) is 9.18 Å². The molecule has 0 spiro atoms. The Bertz CT molecular complexity index is 1130. The van der Waals surface area contributed by atoms with Crippen LogP contribution in [0.4, 0.5) is 4.39 Å². The fourth-order valence-corrected chi connectivity index (χ4v) is 3.84. The largest absolute Gasteiger partial charge is 0.454 e. The van der Waals surface area contributed by atoms with Crippen LogP contribution in [0.5, 0.6) is 11.5 Å². The predicted molar refractivity (Wildman–Crippen MR) is 110 cm³/mol. The number of fused-ring (bicyclic) bond motifs is 1. The van der Waals surface area contributed by atoms with E-state index in [0.717, 1.165) is 11.3 Å². The molecule has 3 aromatic rings. The lowest BCUT2D eigenvalue weighted by atomic mass is 10.1. The van der Waals surface area contributed by atoms with Crippen LogP contribution in [0.2, 0.25) is 5.02 Å². The zero-order chi connectivity index (χ0) is 21.4.